The molecule has 0 aromatic heterocycles. The number of carbonyl (C=O) groups excluding carboxylic acids is 2. The molecule has 1 N–H and O–H groups in total. The number of rotatable bonds is 6. The Balaban J connectivity index is 1.89. The lowest BCUT2D eigenvalue weighted by molar-refractivity contribution is -0.155. The summed E-state index contributed by atoms with van der Waals surface area (Å²) in [5.74, 6) is -0.571. The summed E-state index contributed by atoms with van der Waals surface area (Å²) < 4.78 is 10.4. The molecule has 0 unspecified atom stereocenters. The first-order valence-corrected chi connectivity index (χ1v) is 8.60. The Bertz CT molecular complexity index is 796. The van der Waals surface area contributed by atoms with Gasteiger partial charge in [-0.3, -0.25) is 4.79 Å². The first-order valence-electron chi connectivity index (χ1n) is 8.23. The second kappa shape index (κ2) is 8.72. The third-order valence-corrected chi connectivity index (χ3v) is 3.99. The van der Waals surface area contributed by atoms with E-state index in [-0.39, 0.29) is 6.61 Å². The minimum atomic E-state index is -0.939. The van der Waals surface area contributed by atoms with Crippen LogP contribution in [0.2, 0.25) is 5.02 Å². The predicted octanol–water partition coefficient (Wildman–Crippen LogP) is 4.21. The summed E-state index contributed by atoms with van der Waals surface area (Å²) in [6.07, 6.45) is -0.939. The highest BCUT2D eigenvalue weighted by molar-refractivity contribution is 6.30. The number of hydrogen-bond donors (Lipinski definition) is 1. The summed E-state index contributed by atoms with van der Waals surface area (Å²) >= 11 is 5.85. The van der Waals surface area contributed by atoms with Crippen LogP contribution in [-0.2, 0) is 14.3 Å². The first-order chi connectivity index (χ1) is 12.3. The summed E-state index contributed by atoms with van der Waals surface area (Å²) in [4.78, 5) is 24.2. The van der Waals surface area contributed by atoms with Crippen LogP contribution in [0.4, 0.5) is 5.69 Å². The molecule has 0 aliphatic carbocycles. The Morgan fingerprint density at radius 3 is 2.38 bits per heavy atom. The smallest absolute Gasteiger partial charge is 0.344 e. The molecule has 0 saturated heterocycles. The summed E-state index contributed by atoms with van der Waals surface area (Å²) in [6, 6.07) is 10.7. The quantitative estimate of drug-likeness (QED) is 0.768. The zero-order chi connectivity index (χ0) is 19.3. The summed E-state index contributed by atoms with van der Waals surface area (Å²) in [6.45, 7) is 7.05. The van der Waals surface area contributed by atoms with E-state index in [0.717, 1.165) is 22.4 Å². The normalized spacial score (nSPS) is 11.6. The van der Waals surface area contributed by atoms with Crippen LogP contribution in [0.1, 0.15) is 23.6 Å². The van der Waals surface area contributed by atoms with Gasteiger partial charge in [0, 0.05) is 10.7 Å². The van der Waals surface area contributed by atoms with Gasteiger partial charge in [-0.1, -0.05) is 35.4 Å². The standard InChI is InChI=1S/C20H22ClNO4/c1-12-8-13(2)19(14(3)9-12)22-20(24)15(4)26-18(23)11-25-17-7-5-6-16(21)10-17/h5-10,15H,11H2,1-4H3,(H,22,24)/t15-/m0/s1. The molecule has 2 aromatic carbocycles. The van der Waals surface area contributed by atoms with Gasteiger partial charge < -0.3 is 14.8 Å². The number of nitrogens with one attached hydrogen (secondary N) is 1. The van der Waals surface area contributed by atoms with Gasteiger partial charge in [0.25, 0.3) is 5.91 Å². The van der Waals surface area contributed by atoms with Crippen LogP contribution in [0, 0.1) is 20.8 Å². The minimum Gasteiger partial charge on any atom is -0.482 e. The maximum atomic E-state index is 12.3. The van der Waals surface area contributed by atoms with Crippen molar-refractivity contribution in [2.24, 2.45) is 0 Å². The van der Waals surface area contributed by atoms with E-state index in [1.165, 1.54) is 6.92 Å². The maximum Gasteiger partial charge on any atom is 0.344 e. The fraction of sp³-hybridized carbons (Fsp3) is 0.300. The Hall–Kier alpha value is -2.53. The molecule has 26 heavy (non-hydrogen) atoms. The maximum absolute atomic E-state index is 12.3. The van der Waals surface area contributed by atoms with Gasteiger partial charge in [0.1, 0.15) is 5.75 Å². The number of amides is 1. The Morgan fingerprint density at radius 2 is 1.77 bits per heavy atom. The Kier molecular flexibility index (Phi) is 6.64. The van der Waals surface area contributed by atoms with Crippen molar-refractivity contribution >= 4 is 29.2 Å². The largest absolute Gasteiger partial charge is 0.482 e. The molecule has 2 aromatic rings. The molecule has 5 nitrogen and oxygen atoms in total. The fourth-order valence-corrected chi connectivity index (χ4v) is 2.77. The third-order valence-electron chi connectivity index (χ3n) is 3.76. The molecular weight excluding hydrogens is 354 g/mol. The van der Waals surface area contributed by atoms with E-state index in [4.69, 9.17) is 21.1 Å². The monoisotopic (exact) mass is 375 g/mol. The van der Waals surface area contributed by atoms with Gasteiger partial charge in [0.2, 0.25) is 0 Å². The van der Waals surface area contributed by atoms with Gasteiger partial charge in [-0.15, -0.1) is 0 Å². The Labute approximate surface area is 158 Å². The molecule has 138 valence electrons. The fourth-order valence-electron chi connectivity index (χ4n) is 2.59. The van der Waals surface area contributed by atoms with E-state index in [9.17, 15) is 9.59 Å². The average Bonchev–Trinajstić information content (AvgIpc) is 2.56. The van der Waals surface area contributed by atoms with Crippen molar-refractivity contribution in [1.29, 1.82) is 0 Å². The highest BCUT2D eigenvalue weighted by Crippen LogP contribution is 2.22. The molecule has 0 spiro atoms. The molecule has 0 aliphatic rings. The molecule has 1 amide bonds. The highest BCUT2D eigenvalue weighted by Gasteiger charge is 2.19. The molecule has 0 fully saturated rings. The van der Waals surface area contributed by atoms with Crippen molar-refractivity contribution in [3.05, 3.63) is 58.1 Å². The number of anilines is 1. The number of hydrogen-bond acceptors (Lipinski definition) is 4. The van der Waals surface area contributed by atoms with Crippen LogP contribution < -0.4 is 10.1 Å². The Morgan fingerprint density at radius 1 is 1.12 bits per heavy atom. The number of ether oxygens (including phenoxy) is 2. The van der Waals surface area contributed by atoms with Gasteiger partial charge in [-0.25, -0.2) is 4.79 Å². The zero-order valence-electron chi connectivity index (χ0n) is 15.3. The lowest BCUT2D eigenvalue weighted by Gasteiger charge is -2.17. The highest BCUT2D eigenvalue weighted by atomic mass is 35.5. The number of aryl methyl sites for hydroxylation is 3. The van der Waals surface area contributed by atoms with Crippen molar-refractivity contribution in [2.75, 3.05) is 11.9 Å². The first kappa shape index (κ1) is 19.8. The SMILES string of the molecule is Cc1cc(C)c(NC(=O)[C@H](C)OC(=O)COc2cccc(Cl)c2)c(C)c1. The zero-order valence-corrected chi connectivity index (χ0v) is 16.0. The predicted molar refractivity (Wildman–Crippen MR) is 102 cm³/mol. The molecule has 2 rings (SSSR count). The van der Waals surface area contributed by atoms with Gasteiger partial charge in [-0.05, 0) is 57.0 Å². The number of benzene rings is 2. The second-order valence-corrected chi connectivity index (χ2v) is 6.58. The van der Waals surface area contributed by atoms with E-state index in [0.29, 0.717) is 10.8 Å². The van der Waals surface area contributed by atoms with E-state index < -0.39 is 18.0 Å². The van der Waals surface area contributed by atoms with Crippen LogP contribution >= 0.6 is 11.6 Å². The van der Waals surface area contributed by atoms with Crippen molar-refractivity contribution in [1.82, 2.24) is 0 Å². The van der Waals surface area contributed by atoms with Gasteiger partial charge >= 0.3 is 5.97 Å². The van der Waals surface area contributed by atoms with Crippen LogP contribution in [0.3, 0.4) is 0 Å². The molecule has 0 radical (unpaired) electrons. The average molecular weight is 376 g/mol. The van der Waals surface area contributed by atoms with E-state index in [1.807, 2.05) is 32.9 Å². The van der Waals surface area contributed by atoms with Gasteiger partial charge in [0.15, 0.2) is 12.7 Å². The van der Waals surface area contributed by atoms with Crippen LogP contribution in [0.25, 0.3) is 0 Å². The molecular formula is C20H22ClNO4. The van der Waals surface area contributed by atoms with Crippen LogP contribution in [0.15, 0.2) is 36.4 Å². The number of halogens is 1. The van der Waals surface area contributed by atoms with E-state index in [1.54, 1.807) is 24.3 Å². The van der Waals surface area contributed by atoms with E-state index >= 15 is 0 Å². The minimum absolute atomic E-state index is 0.305. The summed E-state index contributed by atoms with van der Waals surface area (Å²) in [7, 11) is 0. The van der Waals surface area contributed by atoms with Crippen molar-refractivity contribution in [3.63, 3.8) is 0 Å². The number of carbonyl (C=O) groups is 2. The van der Waals surface area contributed by atoms with Crippen LogP contribution in [-0.4, -0.2) is 24.6 Å². The lowest BCUT2D eigenvalue weighted by atomic mass is 10.0. The topological polar surface area (TPSA) is 64.6 Å². The molecule has 0 bridgehead atoms. The molecule has 0 heterocycles. The third kappa shape index (κ3) is 5.49. The van der Waals surface area contributed by atoms with Crippen molar-refractivity contribution in [3.8, 4) is 5.75 Å². The van der Waals surface area contributed by atoms with Gasteiger partial charge in [-0.2, -0.15) is 0 Å². The van der Waals surface area contributed by atoms with Crippen LogP contribution in [0.5, 0.6) is 5.75 Å². The molecule has 0 saturated carbocycles. The second-order valence-electron chi connectivity index (χ2n) is 6.14. The van der Waals surface area contributed by atoms with Gasteiger partial charge in [0.05, 0.1) is 0 Å². The summed E-state index contributed by atoms with van der Waals surface area (Å²) in [5.41, 5.74) is 3.77. The molecule has 1 atom stereocenters. The molecule has 0 aliphatic heterocycles. The number of esters is 1. The van der Waals surface area contributed by atoms with Crippen molar-refractivity contribution in [2.45, 2.75) is 33.8 Å². The summed E-state index contributed by atoms with van der Waals surface area (Å²) in [5, 5.41) is 3.32. The van der Waals surface area contributed by atoms with Crippen molar-refractivity contribution < 1.29 is 19.1 Å². The lowest BCUT2D eigenvalue weighted by Crippen LogP contribution is -2.32. The molecule has 6 heteroatoms. The van der Waals surface area contributed by atoms with E-state index in [2.05, 4.69) is 5.32 Å².